The number of fused-ring (bicyclic) bond motifs is 2. The van der Waals surface area contributed by atoms with Gasteiger partial charge in [0.15, 0.2) is 0 Å². The molecule has 2 atom stereocenters. The van der Waals surface area contributed by atoms with E-state index < -0.39 is 0 Å². The quantitative estimate of drug-likeness (QED) is 0.707. The van der Waals surface area contributed by atoms with E-state index in [-0.39, 0.29) is 0 Å². The average Bonchev–Trinajstić information content (AvgIpc) is 2.94. The highest BCUT2D eigenvalue weighted by atomic mass is 15.4. The Hall–Kier alpha value is -0.160. The molecule has 168 valence electrons. The summed E-state index contributed by atoms with van der Waals surface area (Å²) in [7, 11) is 0. The van der Waals surface area contributed by atoms with E-state index in [1.165, 1.54) is 84.3 Å². The van der Waals surface area contributed by atoms with Gasteiger partial charge in [0.25, 0.3) is 0 Å². The lowest BCUT2D eigenvalue weighted by atomic mass is 9.91. The van der Waals surface area contributed by atoms with Crippen molar-refractivity contribution < 1.29 is 0 Å². The zero-order valence-corrected chi connectivity index (χ0v) is 20.3. The molecule has 2 unspecified atom stereocenters. The van der Waals surface area contributed by atoms with Crippen LogP contribution in [0.4, 0.5) is 0 Å². The molecule has 0 aromatic carbocycles. The monoisotopic (exact) mass is 404 g/mol. The summed E-state index contributed by atoms with van der Waals surface area (Å²) in [5.41, 5.74) is 0.681. The van der Waals surface area contributed by atoms with Crippen molar-refractivity contribution in [1.82, 2.24) is 19.6 Å². The van der Waals surface area contributed by atoms with Gasteiger partial charge in [-0.2, -0.15) is 0 Å². The first-order valence-corrected chi connectivity index (χ1v) is 12.6. The van der Waals surface area contributed by atoms with Gasteiger partial charge in [0, 0.05) is 61.9 Å². The molecule has 0 amide bonds. The Morgan fingerprint density at radius 1 is 0.621 bits per heavy atom. The largest absolute Gasteiger partial charge is 0.300 e. The summed E-state index contributed by atoms with van der Waals surface area (Å²) in [6.45, 7) is 23.6. The van der Waals surface area contributed by atoms with Crippen LogP contribution in [-0.2, 0) is 0 Å². The third kappa shape index (κ3) is 5.02. The average molecular weight is 405 g/mol. The lowest BCUT2D eigenvalue weighted by molar-refractivity contribution is -0.00910. The molecule has 0 saturated carbocycles. The minimum Gasteiger partial charge on any atom is -0.300 e. The molecule has 4 nitrogen and oxygen atoms in total. The Morgan fingerprint density at radius 2 is 1.17 bits per heavy atom. The molecule has 4 heterocycles. The fourth-order valence-corrected chi connectivity index (χ4v) is 7.00. The van der Waals surface area contributed by atoms with Crippen molar-refractivity contribution in [2.75, 3.05) is 45.8 Å². The number of likely N-dealkylation sites (tertiary alicyclic amines) is 3. The van der Waals surface area contributed by atoms with E-state index in [1.54, 1.807) is 0 Å². The van der Waals surface area contributed by atoms with Gasteiger partial charge in [0.05, 0.1) is 0 Å². The highest BCUT2D eigenvalue weighted by molar-refractivity contribution is 5.01. The van der Waals surface area contributed by atoms with E-state index in [4.69, 9.17) is 0 Å². The highest BCUT2D eigenvalue weighted by Crippen LogP contribution is 2.36. The zero-order chi connectivity index (χ0) is 20.8. The molecular formula is C25H48N4. The van der Waals surface area contributed by atoms with E-state index in [1.807, 2.05) is 0 Å². The molecule has 4 rings (SSSR count). The highest BCUT2D eigenvalue weighted by Gasteiger charge is 2.45. The summed E-state index contributed by atoms with van der Waals surface area (Å²) in [4.78, 5) is 11.2. The smallest absolute Gasteiger partial charge is 0.0232 e. The fourth-order valence-electron chi connectivity index (χ4n) is 7.00. The van der Waals surface area contributed by atoms with E-state index >= 15 is 0 Å². The minimum absolute atomic E-state index is 0.339. The lowest BCUT2D eigenvalue weighted by Gasteiger charge is -2.49. The van der Waals surface area contributed by atoms with Crippen molar-refractivity contribution >= 4 is 0 Å². The molecule has 29 heavy (non-hydrogen) atoms. The van der Waals surface area contributed by atoms with E-state index in [0.29, 0.717) is 11.1 Å². The second kappa shape index (κ2) is 8.41. The van der Waals surface area contributed by atoms with Gasteiger partial charge in [-0.3, -0.25) is 14.7 Å². The number of piperazine rings is 1. The van der Waals surface area contributed by atoms with Crippen molar-refractivity contribution in [1.29, 1.82) is 0 Å². The molecule has 4 fully saturated rings. The molecule has 4 aliphatic rings. The van der Waals surface area contributed by atoms with Crippen LogP contribution in [0.2, 0.25) is 0 Å². The summed E-state index contributed by atoms with van der Waals surface area (Å²) in [6, 6.07) is 2.46. The van der Waals surface area contributed by atoms with Crippen LogP contribution in [0.3, 0.4) is 0 Å². The van der Waals surface area contributed by atoms with Crippen molar-refractivity contribution in [3.8, 4) is 0 Å². The van der Waals surface area contributed by atoms with Crippen LogP contribution >= 0.6 is 0 Å². The molecule has 0 N–H and O–H groups in total. The maximum absolute atomic E-state index is 2.84. The molecule has 4 heteroatoms. The van der Waals surface area contributed by atoms with Crippen LogP contribution in [0, 0.1) is 5.92 Å². The van der Waals surface area contributed by atoms with Gasteiger partial charge in [-0.25, -0.2) is 0 Å². The predicted octanol–water partition coefficient (Wildman–Crippen LogP) is 3.91. The fraction of sp³-hybridized carbons (Fsp3) is 1.00. The van der Waals surface area contributed by atoms with Gasteiger partial charge < -0.3 is 4.90 Å². The Kier molecular flexibility index (Phi) is 6.39. The van der Waals surface area contributed by atoms with Crippen molar-refractivity contribution in [3.63, 3.8) is 0 Å². The maximum Gasteiger partial charge on any atom is 0.0232 e. The molecule has 0 radical (unpaired) electrons. The molecule has 4 saturated heterocycles. The van der Waals surface area contributed by atoms with Crippen molar-refractivity contribution in [2.24, 2.45) is 5.92 Å². The number of nitrogens with zero attached hydrogens (tertiary/aromatic N) is 4. The second-order valence-corrected chi connectivity index (χ2v) is 12.6. The first kappa shape index (κ1) is 22.0. The van der Waals surface area contributed by atoms with Crippen molar-refractivity contribution in [2.45, 2.75) is 109 Å². The molecule has 0 spiro atoms. The number of piperidine rings is 2. The number of hydrogen-bond donors (Lipinski definition) is 0. The zero-order valence-electron chi connectivity index (χ0n) is 20.3. The van der Waals surface area contributed by atoms with Crippen LogP contribution in [0.25, 0.3) is 0 Å². The third-order valence-corrected chi connectivity index (χ3v) is 8.43. The minimum atomic E-state index is 0.339. The SMILES string of the molecule is CC(C)(C)N1CCC(N2CCC(CN3CC4CCC(C3)N4C(C)(C)C)CC2)CC1. The number of hydrogen-bond acceptors (Lipinski definition) is 4. The number of rotatable bonds is 3. The molecule has 0 aliphatic carbocycles. The molecule has 2 bridgehead atoms. The molecule has 0 aromatic heterocycles. The molecular weight excluding hydrogens is 356 g/mol. The predicted molar refractivity (Wildman–Crippen MR) is 123 cm³/mol. The van der Waals surface area contributed by atoms with Gasteiger partial charge in [0.1, 0.15) is 0 Å². The van der Waals surface area contributed by atoms with Crippen LogP contribution in [0.5, 0.6) is 0 Å². The first-order valence-electron chi connectivity index (χ1n) is 12.6. The van der Waals surface area contributed by atoms with Crippen LogP contribution in [0.15, 0.2) is 0 Å². The third-order valence-electron chi connectivity index (χ3n) is 8.43. The summed E-state index contributed by atoms with van der Waals surface area (Å²) in [6.07, 6.45) is 8.44. The summed E-state index contributed by atoms with van der Waals surface area (Å²) in [5, 5.41) is 0. The van der Waals surface area contributed by atoms with E-state index in [9.17, 15) is 0 Å². The van der Waals surface area contributed by atoms with Crippen molar-refractivity contribution in [3.05, 3.63) is 0 Å². The van der Waals surface area contributed by atoms with Gasteiger partial charge in [-0.1, -0.05) is 0 Å². The second-order valence-electron chi connectivity index (χ2n) is 12.6. The van der Waals surface area contributed by atoms with Gasteiger partial charge >= 0.3 is 0 Å². The standard InChI is InChI=1S/C25H48N4/c1-24(2,3)28-15-11-21(12-16-28)27-13-9-20(10-14-27)17-26-18-22-7-8-23(19-26)29(22)25(4,5)6/h20-23H,7-19H2,1-6H3. The van der Waals surface area contributed by atoms with Crippen LogP contribution in [-0.4, -0.2) is 94.6 Å². The maximum atomic E-state index is 2.84. The summed E-state index contributed by atoms with van der Waals surface area (Å²) in [5.74, 6) is 0.932. The normalized spacial score (nSPS) is 32.9. The van der Waals surface area contributed by atoms with Crippen LogP contribution < -0.4 is 0 Å². The van der Waals surface area contributed by atoms with Gasteiger partial charge in [-0.05, 0) is 99.1 Å². The molecule has 4 aliphatic heterocycles. The van der Waals surface area contributed by atoms with E-state index in [2.05, 4.69) is 61.1 Å². The Bertz CT molecular complexity index is 518. The lowest BCUT2D eigenvalue weighted by Crippen LogP contribution is -2.60. The molecule has 0 aromatic rings. The van der Waals surface area contributed by atoms with Crippen LogP contribution in [0.1, 0.15) is 80.1 Å². The Labute approximate surface area is 181 Å². The Balaban J connectivity index is 1.21. The topological polar surface area (TPSA) is 13.0 Å². The van der Waals surface area contributed by atoms with E-state index in [0.717, 1.165) is 24.0 Å². The summed E-state index contributed by atoms with van der Waals surface area (Å²) < 4.78 is 0. The Morgan fingerprint density at radius 3 is 1.66 bits per heavy atom. The summed E-state index contributed by atoms with van der Waals surface area (Å²) >= 11 is 0. The first-order chi connectivity index (χ1) is 13.6. The van der Waals surface area contributed by atoms with Gasteiger partial charge in [0.2, 0.25) is 0 Å². The van der Waals surface area contributed by atoms with Gasteiger partial charge in [-0.15, -0.1) is 0 Å².